The molecule has 88 valence electrons. The lowest BCUT2D eigenvalue weighted by Crippen LogP contribution is -2.36. The van der Waals surface area contributed by atoms with E-state index in [9.17, 15) is 5.11 Å². The molecule has 0 unspecified atom stereocenters. The first-order valence-electron chi connectivity index (χ1n) is 5.56. The van der Waals surface area contributed by atoms with Crippen molar-refractivity contribution in [3.8, 4) is 0 Å². The van der Waals surface area contributed by atoms with Gasteiger partial charge >= 0.3 is 0 Å². The number of halogens is 2. The molecule has 0 amide bonds. The molecule has 16 heavy (non-hydrogen) atoms. The summed E-state index contributed by atoms with van der Waals surface area (Å²) in [7, 11) is 0. The molecule has 1 aromatic rings. The highest BCUT2D eigenvalue weighted by Crippen LogP contribution is 2.27. The Bertz CT molecular complexity index is 370. The third-order valence-corrected chi connectivity index (χ3v) is 3.74. The zero-order valence-corrected chi connectivity index (χ0v) is 10.4. The fourth-order valence-electron chi connectivity index (χ4n) is 2.08. The Balaban J connectivity index is 2.05. The van der Waals surface area contributed by atoms with E-state index in [4.69, 9.17) is 23.2 Å². The Kier molecular flexibility index (Phi) is 3.95. The van der Waals surface area contributed by atoms with Crippen LogP contribution in [-0.2, 0) is 0 Å². The summed E-state index contributed by atoms with van der Waals surface area (Å²) in [5, 5.41) is 14.2. The van der Waals surface area contributed by atoms with E-state index in [0.717, 1.165) is 31.4 Å². The molecule has 2 N–H and O–H groups in total. The molecule has 1 aliphatic rings. The van der Waals surface area contributed by atoms with Gasteiger partial charge in [0.25, 0.3) is 0 Å². The second kappa shape index (κ2) is 5.26. The molecule has 1 fully saturated rings. The minimum Gasteiger partial charge on any atom is -0.391 e. The number of aliphatic hydroxyl groups excluding tert-OH is 1. The molecule has 0 aliphatic heterocycles. The van der Waals surface area contributed by atoms with Gasteiger partial charge in [0.1, 0.15) is 0 Å². The van der Waals surface area contributed by atoms with Crippen molar-refractivity contribution in [2.75, 3.05) is 5.32 Å². The maximum atomic E-state index is 9.83. The van der Waals surface area contributed by atoms with E-state index >= 15 is 0 Å². The van der Waals surface area contributed by atoms with Gasteiger partial charge in [0.15, 0.2) is 0 Å². The predicted molar refractivity (Wildman–Crippen MR) is 68.3 cm³/mol. The van der Waals surface area contributed by atoms with Gasteiger partial charge in [-0.2, -0.15) is 0 Å². The van der Waals surface area contributed by atoms with Crippen LogP contribution in [0.15, 0.2) is 18.2 Å². The van der Waals surface area contributed by atoms with Crippen LogP contribution in [0.3, 0.4) is 0 Å². The molecule has 0 spiro atoms. The van der Waals surface area contributed by atoms with E-state index in [1.165, 1.54) is 0 Å². The highest BCUT2D eigenvalue weighted by atomic mass is 35.5. The molecule has 0 heterocycles. The van der Waals surface area contributed by atoms with Crippen LogP contribution in [0.4, 0.5) is 5.69 Å². The summed E-state index contributed by atoms with van der Waals surface area (Å²) in [6, 6.07) is 5.58. The normalized spacial score (nSPS) is 25.4. The molecule has 4 heteroatoms. The lowest BCUT2D eigenvalue weighted by Gasteiger charge is -2.29. The predicted octanol–water partition coefficient (Wildman–Crippen LogP) is 3.71. The molecule has 0 bridgehead atoms. The Hall–Kier alpha value is -0.440. The highest BCUT2D eigenvalue weighted by molar-refractivity contribution is 6.42. The van der Waals surface area contributed by atoms with Crippen molar-refractivity contribution in [3.05, 3.63) is 28.2 Å². The number of hydrogen-bond donors (Lipinski definition) is 2. The summed E-state index contributed by atoms with van der Waals surface area (Å²) in [5.74, 6) is 0. The van der Waals surface area contributed by atoms with E-state index in [2.05, 4.69) is 5.32 Å². The number of nitrogens with one attached hydrogen (secondary N) is 1. The van der Waals surface area contributed by atoms with Crippen molar-refractivity contribution in [2.24, 2.45) is 0 Å². The Morgan fingerprint density at radius 2 is 1.88 bits per heavy atom. The summed E-state index contributed by atoms with van der Waals surface area (Å²) in [6.45, 7) is 0. The van der Waals surface area contributed by atoms with E-state index < -0.39 is 0 Å². The van der Waals surface area contributed by atoms with Gasteiger partial charge in [-0.1, -0.05) is 36.0 Å². The maximum absolute atomic E-state index is 9.83. The van der Waals surface area contributed by atoms with E-state index in [0.29, 0.717) is 10.0 Å². The van der Waals surface area contributed by atoms with E-state index in [-0.39, 0.29) is 12.1 Å². The Morgan fingerprint density at radius 1 is 1.12 bits per heavy atom. The first kappa shape index (κ1) is 12.0. The maximum Gasteiger partial charge on any atom is 0.0741 e. The van der Waals surface area contributed by atoms with Gasteiger partial charge in [-0.25, -0.2) is 0 Å². The third-order valence-electron chi connectivity index (χ3n) is 3.00. The van der Waals surface area contributed by atoms with Crippen LogP contribution in [0.5, 0.6) is 0 Å². The van der Waals surface area contributed by atoms with E-state index in [1.807, 2.05) is 6.07 Å². The summed E-state index contributed by atoms with van der Waals surface area (Å²) < 4.78 is 0. The molecular formula is C12H15Cl2NO. The van der Waals surface area contributed by atoms with Gasteiger partial charge in [0.2, 0.25) is 0 Å². The molecule has 2 nitrogen and oxygen atoms in total. The SMILES string of the molecule is O[C@@H]1CCCC[C@H]1Nc1ccc(Cl)c(Cl)c1. The topological polar surface area (TPSA) is 32.3 Å². The smallest absolute Gasteiger partial charge is 0.0741 e. The van der Waals surface area contributed by atoms with E-state index in [1.54, 1.807) is 12.1 Å². The van der Waals surface area contributed by atoms with Crippen LogP contribution in [0, 0.1) is 0 Å². The van der Waals surface area contributed by atoms with Crippen LogP contribution >= 0.6 is 23.2 Å². The van der Waals surface area contributed by atoms with Crippen molar-refractivity contribution in [1.82, 2.24) is 0 Å². The number of hydrogen-bond acceptors (Lipinski definition) is 2. The molecular weight excluding hydrogens is 245 g/mol. The van der Waals surface area contributed by atoms with Crippen LogP contribution in [-0.4, -0.2) is 17.3 Å². The molecule has 0 radical (unpaired) electrons. The zero-order chi connectivity index (χ0) is 11.5. The largest absolute Gasteiger partial charge is 0.391 e. The second-order valence-electron chi connectivity index (χ2n) is 4.23. The summed E-state index contributed by atoms with van der Waals surface area (Å²) in [5.41, 5.74) is 0.917. The van der Waals surface area contributed by atoms with Gasteiger partial charge < -0.3 is 10.4 Å². The molecule has 2 rings (SSSR count). The monoisotopic (exact) mass is 259 g/mol. The zero-order valence-electron chi connectivity index (χ0n) is 8.92. The molecule has 0 aromatic heterocycles. The first-order valence-corrected chi connectivity index (χ1v) is 6.32. The number of rotatable bonds is 2. The van der Waals surface area contributed by atoms with Gasteiger partial charge in [-0.3, -0.25) is 0 Å². The standard InChI is InChI=1S/C12H15Cl2NO/c13-9-6-5-8(7-10(9)14)15-11-3-1-2-4-12(11)16/h5-7,11-12,15-16H,1-4H2/t11-,12-/m1/s1. The summed E-state index contributed by atoms with van der Waals surface area (Å²) in [6.07, 6.45) is 3.89. The quantitative estimate of drug-likeness (QED) is 0.849. The minimum atomic E-state index is -0.261. The van der Waals surface area contributed by atoms with Crippen LogP contribution in [0.25, 0.3) is 0 Å². The summed E-state index contributed by atoms with van der Waals surface area (Å²) >= 11 is 11.8. The van der Waals surface area contributed by atoms with Crippen LogP contribution < -0.4 is 5.32 Å². The van der Waals surface area contributed by atoms with Crippen LogP contribution in [0.1, 0.15) is 25.7 Å². The average molecular weight is 260 g/mol. The third kappa shape index (κ3) is 2.82. The lowest BCUT2D eigenvalue weighted by molar-refractivity contribution is 0.116. The van der Waals surface area contributed by atoms with Crippen molar-refractivity contribution in [1.29, 1.82) is 0 Å². The van der Waals surface area contributed by atoms with Gasteiger partial charge in [0, 0.05) is 5.69 Å². The molecule has 2 atom stereocenters. The van der Waals surface area contributed by atoms with Crippen molar-refractivity contribution in [3.63, 3.8) is 0 Å². The molecule has 1 saturated carbocycles. The molecule has 0 saturated heterocycles. The number of aliphatic hydroxyl groups is 1. The van der Waals surface area contributed by atoms with Gasteiger partial charge in [-0.05, 0) is 31.0 Å². The fraction of sp³-hybridized carbons (Fsp3) is 0.500. The lowest BCUT2D eigenvalue weighted by atomic mass is 9.92. The van der Waals surface area contributed by atoms with Crippen molar-refractivity contribution < 1.29 is 5.11 Å². The minimum absolute atomic E-state index is 0.131. The Morgan fingerprint density at radius 3 is 2.56 bits per heavy atom. The Labute approximate surface area is 106 Å². The van der Waals surface area contributed by atoms with Gasteiger partial charge in [0.05, 0.1) is 22.2 Å². The van der Waals surface area contributed by atoms with Crippen molar-refractivity contribution >= 4 is 28.9 Å². The molecule has 1 aliphatic carbocycles. The second-order valence-corrected chi connectivity index (χ2v) is 5.05. The number of anilines is 1. The highest BCUT2D eigenvalue weighted by Gasteiger charge is 2.22. The molecule has 1 aromatic carbocycles. The van der Waals surface area contributed by atoms with Crippen LogP contribution in [0.2, 0.25) is 10.0 Å². The number of benzene rings is 1. The van der Waals surface area contributed by atoms with Crippen molar-refractivity contribution in [2.45, 2.75) is 37.8 Å². The fourth-order valence-corrected chi connectivity index (χ4v) is 2.38. The van der Waals surface area contributed by atoms with Gasteiger partial charge in [-0.15, -0.1) is 0 Å². The summed E-state index contributed by atoms with van der Waals surface area (Å²) in [4.78, 5) is 0. The first-order chi connectivity index (χ1) is 7.66. The average Bonchev–Trinajstić information content (AvgIpc) is 2.27.